The molecule has 0 N–H and O–H groups in total. The number of hydrogen-bond acceptors (Lipinski definition) is 1. The van der Waals surface area contributed by atoms with Gasteiger partial charge in [-0.25, -0.2) is 0 Å². The van der Waals surface area contributed by atoms with Crippen LogP contribution in [-0.2, 0) is 11.2 Å². The molecular weight excluding hydrogens is 457 g/mol. The molecule has 0 bridgehead atoms. The zero-order valence-electron chi connectivity index (χ0n) is 14.0. The van der Waals surface area contributed by atoms with Crippen molar-refractivity contribution in [3.63, 3.8) is 0 Å². The van der Waals surface area contributed by atoms with Crippen molar-refractivity contribution >= 4 is 11.6 Å². The SMILES string of the molecule is O=C(N1CCc2ccccc21)C(F)(F)C(F)(F)C(F)(F)C(F)(F)C(F)(F)C(F)(F)F. The first-order chi connectivity index (χ1) is 13.2. The normalized spacial score (nSPS) is 16.6. The number of benzene rings is 1. The molecule has 1 heterocycles. The second-order valence-electron chi connectivity index (χ2n) is 6.21. The quantitative estimate of drug-likeness (QED) is 0.540. The summed E-state index contributed by atoms with van der Waals surface area (Å²) in [6, 6.07) is 4.59. The van der Waals surface area contributed by atoms with Crippen LogP contribution >= 0.6 is 0 Å². The first kappa shape index (κ1) is 24.1. The van der Waals surface area contributed by atoms with Crippen molar-refractivity contribution < 1.29 is 61.9 Å². The summed E-state index contributed by atoms with van der Waals surface area (Å²) in [6.07, 6.45) is -7.73. The van der Waals surface area contributed by atoms with Gasteiger partial charge in [-0.2, -0.15) is 57.1 Å². The van der Waals surface area contributed by atoms with Crippen LogP contribution in [0.15, 0.2) is 24.3 Å². The van der Waals surface area contributed by atoms with E-state index in [1.165, 1.54) is 12.1 Å². The maximum Gasteiger partial charge on any atom is 0.460 e. The van der Waals surface area contributed by atoms with Gasteiger partial charge in [0.15, 0.2) is 0 Å². The van der Waals surface area contributed by atoms with E-state index in [0.29, 0.717) is 0 Å². The minimum atomic E-state index is -8.03. The lowest BCUT2D eigenvalue weighted by molar-refractivity contribution is -0.436. The van der Waals surface area contributed by atoms with E-state index in [2.05, 4.69) is 0 Å². The van der Waals surface area contributed by atoms with Crippen LogP contribution in [0, 0.1) is 0 Å². The number of rotatable bonds is 5. The highest BCUT2D eigenvalue weighted by Crippen LogP contribution is 2.60. The molecule has 0 atom stereocenters. The molecule has 0 unspecified atom stereocenters. The Hall–Kier alpha value is -2.22. The second-order valence-corrected chi connectivity index (χ2v) is 6.21. The van der Waals surface area contributed by atoms with Gasteiger partial charge in [0.25, 0.3) is 0 Å². The summed E-state index contributed by atoms with van der Waals surface area (Å²) in [7, 11) is 0. The summed E-state index contributed by atoms with van der Waals surface area (Å²) in [5.74, 6) is -41.4. The fourth-order valence-electron chi connectivity index (χ4n) is 2.62. The van der Waals surface area contributed by atoms with Gasteiger partial charge in [0.1, 0.15) is 0 Å². The molecule has 1 aromatic rings. The summed E-state index contributed by atoms with van der Waals surface area (Å²) in [4.78, 5) is 11.6. The molecule has 0 fully saturated rings. The van der Waals surface area contributed by atoms with Gasteiger partial charge in [-0.1, -0.05) is 18.2 Å². The number of anilines is 1. The van der Waals surface area contributed by atoms with E-state index < -0.39 is 53.9 Å². The van der Waals surface area contributed by atoms with E-state index >= 15 is 0 Å². The van der Waals surface area contributed by atoms with E-state index in [-0.39, 0.29) is 16.9 Å². The van der Waals surface area contributed by atoms with Gasteiger partial charge in [-0.05, 0) is 18.1 Å². The van der Waals surface area contributed by atoms with E-state index in [9.17, 15) is 61.9 Å². The van der Waals surface area contributed by atoms with Gasteiger partial charge >= 0.3 is 41.7 Å². The number of alkyl halides is 13. The number of nitrogens with zero attached hydrogens (tertiary/aromatic N) is 1. The van der Waals surface area contributed by atoms with Crippen molar-refractivity contribution in [2.45, 2.75) is 42.2 Å². The molecule has 0 saturated heterocycles. The lowest BCUT2D eigenvalue weighted by Crippen LogP contribution is -2.72. The predicted molar refractivity (Wildman–Crippen MR) is 73.3 cm³/mol. The fourth-order valence-corrected chi connectivity index (χ4v) is 2.62. The molecule has 1 amide bonds. The number of amides is 1. The predicted octanol–water partition coefficient (Wildman–Crippen LogP) is 5.31. The molecule has 2 nitrogen and oxygen atoms in total. The number of carbonyl (C=O) groups is 1. The number of halogens is 13. The van der Waals surface area contributed by atoms with Gasteiger partial charge in [0, 0.05) is 12.2 Å². The highest BCUT2D eigenvalue weighted by Gasteiger charge is 2.91. The lowest BCUT2D eigenvalue weighted by atomic mass is 9.93. The van der Waals surface area contributed by atoms with Crippen molar-refractivity contribution in [1.29, 1.82) is 0 Å². The van der Waals surface area contributed by atoms with Crippen molar-refractivity contribution in [3.8, 4) is 0 Å². The molecule has 0 spiro atoms. The average molecular weight is 465 g/mol. The Bertz CT molecular complexity index is 830. The summed E-state index contributed by atoms with van der Waals surface area (Å²) < 4.78 is 171. The lowest BCUT2D eigenvalue weighted by Gasteiger charge is -2.39. The van der Waals surface area contributed by atoms with Crippen molar-refractivity contribution in [3.05, 3.63) is 29.8 Å². The van der Waals surface area contributed by atoms with Crippen molar-refractivity contribution in [2.24, 2.45) is 0 Å². The first-order valence-electron chi connectivity index (χ1n) is 7.61. The molecule has 0 saturated carbocycles. The van der Waals surface area contributed by atoms with Gasteiger partial charge < -0.3 is 4.90 Å². The average Bonchev–Trinajstić information content (AvgIpc) is 3.03. The first-order valence-corrected chi connectivity index (χ1v) is 7.61. The van der Waals surface area contributed by atoms with Gasteiger partial charge in [0.2, 0.25) is 0 Å². The number of carbonyl (C=O) groups excluding carboxylic acids is 1. The zero-order valence-corrected chi connectivity index (χ0v) is 14.0. The Morgan fingerprint density at radius 2 is 1.17 bits per heavy atom. The van der Waals surface area contributed by atoms with E-state index in [4.69, 9.17) is 0 Å². The number of hydrogen-bond donors (Lipinski definition) is 0. The summed E-state index contributed by atoms with van der Waals surface area (Å²) in [6.45, 7) is -0.787. The molecular formula is C15H8F13NO. The summed E-state index contributed by atoms with van der Waals surface area (Å²) in [5.41, 5.74) is -0.376. The Morgan fingerprint density at radius 3 is 1.67 bits per heavy atom. The molecule has 1 aromatic carbocycles. The van der Waals surface area contributed by atoms with Crippen molar-refractivity contribution in [2.75, 3.05) is 11.4 Å². The van der Waals surface area contributed by atoms with Crippen LogP contribution in [0.2, 0.25) is 0 Å². The Kier molecular flexibility index (Phi) is 5.32. The molecule has 170 valence electrons. The largest absolute Gasteiger partial charge is 0.460 e. The van der Waals surface area contributed by atoms with Gasteiger partial charge in [0.05, 0.1) is 0 Å². The third-order valence-electron chi connectivity index (χ3n) is 4.33. The third-order valence-corrected chi connectivity index (χ3v) is 4.33. The monoisotopic (exact) mass is 465 g/mol. The highest BCUT2D eigenvalue weighted by atomic mass is 19.4. The topological polar surface area (TPSA) is 20.3 Å². The van der Waals surface area contributed by atoms with Crippen LogP contribution in [0.4, 0.5) is 62.8 Å². The summed E-state index contributed by atoms with van der Waals surface area (Å²) >= 11 is 0. The van der Waals surface area contributed by atoms with Gasteiger partial charge in [-0.3, -0.25) is 4.79 Å². The van der Waals surface area contributed by atoms with E-state index in [0.717, 1.165) is 12.1 Å². The smallest absolute Gasteiger partial charge is 0.306 e. The molecule has 1 aliphatic heterocycles. The van der Waals surface area contributed by atoms with E-state index in [1.807, 2.05) is 0 Å². The second kappa shape index (κ2) is 6.64. The molecule has 30 heavy (non-hydrogen) atoms. The third kappa shape index (κ3) is 2.99. The fraction of sp³-hybridized carbons (Fsp3) is 0.533. The van der Waals surface area contributed by atoms with Crippen molar-refractivity contribution in [1.82, 2.24) is 0 Å². The molecule has 0 aliphatic carbocycles. The standard InChI is InChI=1S/C15H8F13NO/c16-10(17,9(30)29-6-5-7-3-1-2-4-8(7)29)11(18,19)12(20,21)13(22,23)14(24,25)15(26,27)28/h1-4H,5-6H2. The Labute approximate surface area is 158 Å². The highest BCUT2D eigenvalue weighted by molar-refractivity contribution is 6.00. The van der Waals surface area contributed by atoms with Crippen LogP contribution in [0.5, 0.6) is 0 Å². The van der Waals surface area contributed by atoms with Gasteiger partial charge in [-0.15, -0.1) is 0 Å². The Balaban J connectivity index is 2.51. The van der Waals surface area contributed by atoms with Crippen LogP contribution in [0.1, 0.15) is 5.56 Å². The number of fused-ring (bicyclic) bond motifs is 1. The minimum absolute atomic E-state index is 0.102. The van der Waals surface area contributed by atoms with Crippen LogP contribution in [0.25, 0.3) is 0 Å². The van der Waals surface area contributed by atoms with E-state index in [1.54, 1.807) is 0 Å². The molecule has 15 heteroatoms. The molecule has 1 aliphatic rings. The minimum Gasteiger partial charge on any atom is -0.306 e. The molecule has 0 aromatic heterocycles. The molecule has 0 radical (unpaired) electrons. The van der Waals surface area contributed by atoms with Crippen LogP contribution < -0.4 is 4.90 Å². The number of para-hydroxylation sites is 1. The maximum atomic E-state index is 14.0. The molecule has 2 rings (SSSR count). The van der Waals surface area contributed by atoms with Crippen LogP contribution in [-0.4, -0.2) is 48.2 Å². The zero-order chi connectivity index (χ0) is 23.6. The van der Waals surface area contributed by atoms with Crippen LogP contribution in [0.3, 0.4) is 0 Å². The maximum absolute atomic E-state index is 14.0. The Morgan fingerprint density at radius 1 is 0.700 bits per heavy atom. The summed E-state index contributed by atoms with van der Waals surface area (Å²) in [5, 5.41) is 0.